The van der Waals surface area contributed by atoms with E-state index < -0.39 is 0 Å². The van der Waals surface area contributed by atoms with Gasteiger partial charge in [-0.25, -0.2) is 0 Å². The maximum absolute atomic E-state index is 12.7. The van der Waals surface area contributed by atoms with Crippen LogP contribution in [0.1, 0.15) is 53.9 Å². The molecule has 1 amide bonds. The van der Waals surface area contributed by atoms with E-state index in [4.69, 9.17) is 4.74 Å². The molecule has 2 N–H and O–H groups in total. The summed E-state index contributed by atoms with van der Waals surface area (Å²) in [5.41, 5.74) is 4.55. The number of aromatic nitrogens is 1. The summed E-state index contributed by atoms with van der Waals surface area (Å²) in [6.45, 7) is 7.79. The van der Waals surface area contributed by atoms with Gasteiger partial charge in [0, 0.05) is 36.0 Å². The maximum atomic E-state index is 12.7. The van der Waals surface area contributed by atoms with E-state index in [1.807, 2.05) is 12.1 Å². The van der Waals surface area contributed by atoms with Crippen LogP contribution in [0.2, 0.25) is 0 Å². The van der Waals surface area contributed by atoms with Crippen LogP contribution >= 0.6 is 0 Å². The van der Waals surface area contributed by atoms with E-state index in [1.165, 1.54) is 11.1 Å². The third-order valence-corrected chi connectivity index (χ3v) is 6.98. The quantitative estimate of drug-likeness (QED) is 0.520. The molecule has 2 aliphatic heterocycles. The summed E-state index contributed by atoms with van der Waals surface area (Å²) in [4.78, 5) is 22.0. The largest absolute Gasteiger partial charge is 0.487 e. The van der Waals surface area contributed by atoms with Crippen LogP contribution in [-0.4, -0.2) is 41.0 Å². The minimum Gasteiger partial charge on any atom is -0.487 e. The minimum absolute atomic E-state index is 0.0981. The molecule has 2 aliphatic rings. The number of likely N-dealkylation sites (tertiary alicyclic amines) is 1. The molecule has 0 radical (unpaired) electrons. The van der Waals surface area contributed by atoms with Crippen molar-refractivity contribution in [1.82, 2.24) is 15.2 Å². The van der Waals surface area contributed by atoms with Gasteiger partial charge < -0.3 is 15.0 Å². The van der Waals surface area contributed by atoms with E-state index in [9.17, 15) is 9.32 Å². The molecule has 0 bridgehead atoms. The van der Waals surface area contributed by atoms with Crippen LogP contribution in [0.25, 0.3) is 10.9 Å². The third-order valence-electron chi connectivity index (χ3n) is 6.98. The molecule has 7 heteroatoms. The van der Waals surface area contributed by atoms with Gasteiger partial charge >= 0.3 is 0 Å². The fourth-order valence-corrected chi connectivity index (χ4v) is 5.18. The van der Waals surface area contributed by atoms with Gasteiger partial charge in [-0.15, -0.1) is 0 Å². The van der Waals surface area contributed by atoms with Crippen LogP contribution in [0.4, 0.5) is 4.53 Å². The number of ether oxygens (including phenoxy) is 1. The zero-order chi connectivity index (χ0) is 23.7. The number of carbonyl (C=O) groups is 1. The number of hydrogen-bond donors (Lipinski definition) is 2. The number of benzene rings is 2. The fourth-order valence-electron chi connectivity index (χ4n) is 5.18. The second-order valence-corrected chi connectivity index (χ2v) is 10.2. The lowest BCUT2D eigenvalue weighted by Gasteiger charge is -2.32. The molecule has 2 aromatic carbocycles. The highest BCUT2D eigenvalue weighted by Crippen LogP contribution is 2.38. The zero-order valence-corrected chi connectivity index (χ0v) is 19.8. The second kappa shape index (κ2) is 9.39. The Labute approximate surface area is 199 Å². The Hall–Kier alpha value is -2.90. The Kier molecular flexibility index (Phi) is 6.32. The van der Waals surface area contributed by atoms with Gasteiger partial charge in [-0.1, -0.05) is 24.3 Å². The Balaban J connectivity index is 1.12. The van der Waals surface area contributed by atoms with Gasteiger partial charge in [0.2, 0.25) is 0 Å². The molecule has 1 aromatic heterocycles. The van der Waals surface area contributed by atoms with Crippen molar-refractivity contribution in [3.63, 3.8) is 0 Å². The maximum Gasteiger partial charge on any atom is 0.267 e. The van der Waals surface area contributed by atoms with E-state index >= 15 is 0 Å². The smallest absolute Gasteiger partial charge is 0.267 e. The number of piperidine rings is 1. The molecule has 6 nitrogen and oxygen atoms in total. The number of amides is 1. The lowest BCUT2D eigenvalue weighted by atomic mass is 9.96. The number of nitrogens with one attached hydrogen (secondary N) is 2. The van der Waals surface area contributed by atoms with Gasteiger partial charge in [0.25, 0.3) is 5.91 Å². The second-order valence-electron chi connectivity index (χ2n) is 10.2. The number of fused-ring (bicyclic) bond motifs is 2. The van der Waals surface area contributed by atoms with Crippen molar-refractivity contribution in [2.24, 2.45) is 5.92 Å². The summed E-state index contributed by atoms with van der Waals surface area (Å²) in [6.07, 6.45) is 3.07. The van der Waals surface area contributed by atoms with Crippen molar-refractivity contribution < 1.29 is 19.0 Å². The average molecular weight is 466 g/mol. The Morgan fingerprint density at radius 1 is 1.24 bits per heavy atom. The number of H-pyrrole nitrogens is 1. The van der Waals surface area contributed by atoms with Gasteiger partial charge in [0.15, 0.2) is 0 Å². The molecule has 0 aliphatic carbocycles. The molecule has 1 saturated heterocycles. The predicted octanol–water partition coefficient (Wildman–Crippen LogP) is 4.92. The summed E-state index contributed by atoms with van der Waals surface area (Å²) in [5, 5.41) is 3.95. The first-order chi connectivity index (χ1) is 16.4. The molecule has 5 rings (SSSR count). The molecular weight excluding hydrogens is 433 g/mol. The molecule has 180 valence electrons. The summed E-state index contributed by atoms with van der Waals surface area (Å²) in [7, 11) is 0. The van der Waals surface area contributed by atoms with E-state index in [-0.39, 0.29) is 18.1 Å². The van der Waals surface area contributed by atoms with Gasteiger partial charge in [-0.2, -0.15) is 4.94 Å². The highest BCUT2D eigenvalue weighted by Gasteiger charge is 2.32. The van der Waals surface area contributed by atoms with E-state index in [0.717, 1.165) is 61.1 Å². The Morgan fingerprint density at radius 2 is 2.06 bits per heavy atom. The summed E-state index contributed by atoms with van der Waals surface area (Å²) >= 11 is 0. The van der Waals surface area contributed by atoms with Crippen LogP contribution in [0.15, 0.2) is 42.5 Å². The summed E-state index contributed by atoms with van der Waals surface area (Å²) in [5.74, 6) is 1.43. The first-order valence-corrected chi connectivity index (χ1v) is 12.1. The van der Waals surface area contributed by atoms with Crippen molar-refractivity contribution in [2.75, 3.05) is 19.6 Å². The van der Waals surface area contributed by atoms with E-state index in [1.54, 1.807) is 12.1 Å². The predicted molar refractivity (Wildman–Crippen MR) is 129 cm³/mol. The minimum atomic E-state index is -0.125. The van der Waals surface area contributed by atoms with E-state index in [2.05, 4.69) is 52.2 Å². The van der Waals surface area contributed by atoms with Crippen molar-refractivity contribution in [1.29, 1.82) is 0 Å². The molecular formula is C27H32FN3O3. The Morgan fingerprint density at radius 3 is 2.85 bits per heavy atom. The molecule has 0 spiro atoms. The van der Waals surface area contributed by atoms with Gasteiger partial charge in [0.05, 0.1) is 0 Å². The van der Waals surface area contributed by atoms with Crippen LogP contribution in [0, 0.1) is 5.92 Å². The average Bonchev–Trinajstić information content (AvgIpc) is 3.38. The molecule has 1 fully saturated rings. The normalized spacial score (nSPS) is 18.1. The van der Waals surface area contributed by atoms with Crippen LogP contribution in [0.3, 0.4) is 0 Å². The summed E-state index contributed by atoms with van der Waals surface area (Å²) in [6, 6.07) is 13.7. The monoisotopic (exact) mass is 465 g/mol. The molecule has 3 heterocycles. The molecule has 0 unspecified atom stereocenters. The fraction of sp³-hybridized carbons (Fsp3) is 0.444. The third kappa shape index (κ3) is 4.95. The number of aromatic amines is 1. The van der Waals surface area contributed by atoms with Crippen molar-refractivity contribution >= 4 is 16.8 Å². The first kappa shape index (κ1) is 22.9. The lowest BCUT2D eigenvalue weighted by Crippen LogP contribution is -2.38. The van der Waals surface area contributed by atoms with Crippen LogP contribution < -0.4 is 10.1 Å². The molecule has 34 heavy (non-hydrogen) atoms. The lowest BCUT2D eigenvalue weighted by molar-refractivity contribution is -0.144. The number of para-hydroxylation sites is 1. The standard InChI is InChI=1S/C27H32FN3O3/c1-27(2)14-20-4-3-5-21(25(20)34-27)16-31-10-8-18(9-11-31)15-29-26(32)24-13-22-12-19(17-33-28)6-7-23(22)30-24/h3-7,12-13,18,30H,8-11,14-17H2,1-2H3,(H,29,32). The van der Waals surface area contributed by atoms with Crippen LogP contribution in [0.5, 0.6) is 5.75 Å². The molecule has 0 atom stereocenters. The highest BCUT2D eigenvalue weighted by atomic mass is 19.3. The zero-order valence-electron chi connectivity index (χ0n) is 19.8. The van der Waals surface area contributed by atoms with Crippen LogP contribution in [-0.2, 0) is 24.5 Å². The first-order valence-electron chi connectivity index (χ1n) is 12.1. The number of rotatable bonds is 7. The number of nitrogens with zero attached hydrogens (tertiary/aromatic N) is 1. The molecule has 3 aromatic rings. The van der Waals surface area contributed by atoms with Crippen molar-refractivity contribution in [3.8, 4) is 5.75 Å². The van der Waals surface area contributed by atoms with Gasteiger partial charge in [0.1, 0.15) is 23.7 Å². The highest BCUT2D eigenvalue weighted by molar-refractivity contribution is 5.98. The SMILES string of the molecule is CC1(C)Cc2cccc(CN3CCC(CNC(=O)c4cc5cc(COF)ccc5[nH]4)CC3)c2O1. The molecule has 0 saturated carbocycles. The number of hydrogen-bond acceptors (Lipinski definition) is 4. The van der Waals surface area contributed by atoms with Gasteiger partial charge in [-0.3, -0.25) is 9.69 Å². The van der Waals surface area contributed by atoms with Gasteiger partial charge in [-0.05, 0) is 79.5 Å². The number of carbonyl (C=O) groups excluding carboxylic acids is 1. The Bertz CT molecular complexity index is 1180. The van der Waals surface area contributed by atoms with Crippen molar-refractivity contribution in [2.45, 2.75) is 51.9 Å². The van der Waals surface area contributed by atoms with E-state index in [0.29, 0.717) is 18.2 Å². The number of halogens is 1. The topological polar surface area (TPSA) is 66.6 Å². The summed E-state index contributed by atoms with van der Waals surface area (Å²) < 4.78 is 18.4. The van der Waals surface area contributed by atoms with Crippen molar-refractivity contribution in [3.05, 3.63) is 64.8 Å².